The number of ether oxygens (including phenoxy) is 2. The molecule has 1 fully saturated rings. The van der Waals surface area contributed by atoms with Crippen molar-refractivity contribution in [1.82, 2.24) is 14.7 Å². The smallest absolute Gasteiger partial charge is 0.272 e. The number of hydrogen-bond donors (Lipinski definition) is 0. The van der Waals surface area contributed by atoms with Gasteiger partial charge in [-0.05, 0) is 31.7 Å². The molecule has 0 unspecified atom stereocenters. The topological polar surface area (TPSA) is 56.6 Å². The van der Waals surface area contributed by atoms with E-state index in [1.54, 1.807) is 11.8 Å². The van der Waals surface area contributed by atoms with Crippen molar-refractivity contribution in [2.45, 2.75) is 19.8 Å². The standard InChI is InChI=1S/C15H25N3O3/c1-12-10-14(17(2)16-12)15(19)18-6-4-13(5-7-18)11-21-9-8-20-3/h10,13H,4-9,11H2,1-3H3. The maximum absolute atomic E-state index is 12.5. The molecule has 0 aromatic carbocycles. The number of methoxy groups -OCH3 is 1. The number of aromatic nitrogens is 2. The van der Waals surface area contributed by atoms with E-state index in [1.807, 2.05) is 24.9 Å². The normalized spacial score (nSPS) is 16.4. The Morgan fingerprint density at radius 2 is 2.10 bits per heavy atom. The molecule has 0 aliphatic carbocycles. The van der Waals surface area contributed by atoms with Crippen LogP contribution in [-0.2, 0) is 16.5 Å². The first-order valence-corrected chi connectivity index (χ1v) is 7.48. The number of nitrogens with zero attached hydrogens (tertiary/aromatic N) is 3. The Hall–Kier alpha value is -1.40. The fourth-order valence-corrected chi connectivity index (χ4v) is 2.67. The van der Waals surface area contributed by atoms with Crippen LogP contribution in [0.4, 0.5) is 0 Å². The number of rotatable bonds is 6. The van der Waals surface area contributed by atoms with E-state index in [4.69, 9.17) is 9.47 Å². The van der Waals surface area contributed by atoms with E-state index < -0.39 is 0 Å². The van der Waals surface area contributed by atoms with Crippen molar-refractivity contribution < 1.29 is 14.3 Å². The van der Waals surface area contributed by atoms with Gasteiger partial charge in [0.25, 0.3) is 5.91 Å². The summed E-state index contributed by atoms with van der Waals surface area (Å²) in [5, 5.41) is 4.24. The summed E-state index contributed by atoms with van der Waals surface area (Å²) in [5.74, 6) is 0.621. The average Bonchev–Trinajstić information content (AvgIpc) is 2.82. The van der Waals surface area contributed by atoms with E-state index in [9.17, 15) is 4.79 Å². The first-order valence-electron chi connectivity index (χ1n) is 7.48. The lowest BCUT2D eigenvalue weighted by atomic mass is 9.97. The van der Waals surface area contributed by atoms with Crippen LogP contribution in [0.2, 0.25) is 0 Å². The third-order valence-corrected chi connectivity index (χ3v) is 3.91. The molecule has 1 aromatic rings. The molecule has 0 radical (unpaired) electrons. The fraction of sp³-hybridized carbons (Fsp3) is 0.733. The molecule has 0 saturated carbocycles. The van der Waals surface area contributed by atoms with Crippen molar-refractivity contribution in [3.05, 3.63) is 17.5 Å². The van der Waals surface area contributed by atoms with Gasteiger partial charge < -0.3 is 14.4 Å². The number of piperidine rings is 1. The number of carbonyl (C=O) groups excluding carboxylic acids is 1. The Labute approximate surface area is 126 Å². The van der Waals surface area contributed by atoms with Gasteiger partial charge in [-0.25, -0.2) is 0 Å². The van der Waals surface area contributed by atoms with Crippen molar-refractivity contribution in [2.75, 3.05) is 40.0 Å². The minimum atomic E-state index is 0.0804. The van der Waals surface area contributed by atoms with Gasteiger partial charge in [-0.15, -0.1) is 0 Å². The average molecular weight is 295 g/mol. The van der Waals surface area contributed by atoms with Gasteiger partial charge in [-0.1, -0.05) is 0 Å². The molecule has 1 amide bonds. The van der Waals surface area contributed by atoms with Crippen LogP contribution in [0.1, 0.15) is 29.0 Å². The number of hydrogen-bond acceptors (Lipinski definition) is 4. The molecule has 1 aliphatic rings. The second-order valence-corrected chi connectivity index (χ2v) is 5.60. The Morgan fingerprint density at radius 3 is 2.67 bits per heavy atom. The van der Waals surface area contributed by atoms with Crippen molar-refractivity contribution in [3.63, 3.8) is 0 Å². The van der Waals surface area contributed by atoms with Crippen LogP contribution in [0.3, 0.4) is 0 Å². The van der Waals surface area contributed by atoms with Gasteiger partial charge in [-0.3, -0.25) is 9.48 Å². The lowest BCUT2D eigenvalue weighted by Gasteiger charge is -2.31. The largest absolute Gasteiger partial charge is 0.382 e. The third kappa shape index (κ3) is 4.28. The number of aryl methyl sites for hydroxylation is 2. The lowest BCUT2D eigenvalue weighted by molar-refractivity contribution is 0.0325. The van der Waals surface area contributed by atoms with Crippen LogP contribution >= 0.6 is 0 Å². The van der Waals surface area contributed by atoms with E-state index in [1.165, 1.54) is 0 Å². The third-order valence-electron chi connectivity index (χ3n) is 3.91. The van der Waals surface area contributed by atoms with Crippen LogP contribution in [0, 0.1) is 12.8 Å². The summed E-state index contributed by atoms with van der Waals surface area (Å²) in [7, 11) is 3.49. The molecule has 0 spiro atoms. The second-order valence-electron chi connectivity index (χ2n) is 5.60. The highest BCUT2D eigenvalue weighted by Crippen LogP contribution is 2.19. The van der Waals surface area contributed by atoms with Crippen LogP contribution in [0.25, 0.3) is 0 Å². The zero-order valence-electron chi connectivity index (χ0n) is 13.2. The molecule has 0 bridgehead atoms. The van der Waals surface area contributed by atoms with Crippen molar-refractivity contribution in [2.24, 2.45) is 13.0 Å². The number of amides is 1. The summed E-state index contributed by atoms with van der Waals surface area (Å²) < 4.78 is 12.2. The molecule has 1 aliphatic heterocycles. The summed E-state index contributed by atoms with van der Waals surface area (Å²) in [6, 6.07) is 1.85. The second kappa shape index (κ2) is 7.56. The van der Waals surface area contributed by atoms with Crippen LogP contribution in [-0.4, -0.2) is 60.6 Å². The van der Waals surface area contributed by atoms with Gasteiger partial charge in [0, 0.05) is 33.9 Å². The van der Waals surface area contributed by atoms with E-state index in [-0.39, 0.29) is 5.91 Å². The molecule has 2 rings (SSSR count). The van der Waals surface area contributed by atoms with Crippen LogP contribution < -0.4 is 0 Å². The van der Waals surface area contributed by atoms with Gasteiger partial charge >= 0.3 is 0 Å². The molecular formula is C15H25N3O3. The van der Waals surface area contributed by atoms with E-state index in [2.05, 4.69) is 5.10 Å². The summed E-state index contributed by atoms with van der Waals surface area (Å²) in [6.07, 6.45) is 1.99. The fourth-order valence-electron chi connectivity index (χ4n) is 2.67. The van der Waals surface area contributed by atoms with Crippen molar-refractivity contribution in [3.8, 4) is 0 Å². The first kappa shape index (κ1) is 16.0. The molecule has 118 valence electrons. The Bertz CT molecular complexity index is 465. The van der Waals surface area contributed by atoms with Gasteiger partial charge in [0.15, 0.2) is 0 Å². The molecule has 1 saturated heterocycles. The number of likely N-dealkylation sites (tertiary alicyclic amines) is 1. The zero-order valence-corrected chi connectivity index (χ0v) is 13.2. The van der Waals surface area contributed by atoms with Gasteiger partial charge in [-0.2, -0.15) is 5.10 Å². The van der Waals surface area contributed by atoms with Gasteiger partial charge in [0.1, 0.15) is 5.69 Å². The Balaban J connectivity index is 1.78. The van der Waals surface area contributed by atoms with Gasteiger partial charge in [0.05, 0.1) is 18.9 Å². The Morgan fingerprint density at radius 1 is 1.38 bits per heavy atom. The van der Waals surface area contributed by atoms with E-state index in [0.29, 0.717) is 24.8 Å². The van der Waals surface area contributed by atoms with Crippen molar-refractivity contribution >= 4 is 5.91 Å². The molecular weight excluding hydrogens is 270 g/mol. The number of carbonyl (C=O) groups is 1. The highest BCUT2D eigenvalue weighted by molar-refractivity contribution is 5.92. The maximum atomic E-state index is 12.5. The summed E-state index contributed by atoms with van der Waals surface area (Å²) in [4.78, 5) is 14.4. The predicted octanol–water partition coefficient (Wildman–Crippen LogP) is 1.24. The molecule has 21 heavy (non-hydrogen) atoms. The zero-order chi connectivity index (χ0) is 15.2. The molecule has 0 atom stereocenters. The summed E-state index contributed by atoms with van der Waals surface area (Å²) in [6.45, 7) is 5.53. The summed E-state index contributed by atoms with van der Waals surface area (Å²) in [5.41, 5.74) is 1.55. The van der Waals surface area contributed by atoms with E-state index in [0.717, 1.165) is 38.2 Å². The highest BCUT2D eigenvalue weighted by atomic mass is 16.5. The predicted molar refractivity (Wildman–Crippen MR) is 79.3 cm³/mol. The minimum absolute atomic E-state index is 0.0804. The quantitative estimate of drug-likeness (QED) is 0.741. The Kier molecular flexibility index (Phi) is 5.76. The SMILES string of the molecule is COCCOCC1CCN(C(=O)c2cc(C)nn2C)CC1. The lowest BCUT2D eigenvalue weighted by Crippen LogP contribution is -2.40. The monoisotopic (exact) mass is 295 g/mol. The van der Waals surface area contributed by atoms with Crippen LogP contribution in [0.5, 0.6) is 0 Å². The van der Waals surface area contributed by atoms with Crippen molar-refractivity contribution in [1.29, 1.82) is 0 Å². The molecule has 1 aromatic heterocycles. The molecule has 2 heterocycles. The first-order chi connectivity index (χ1) is 10.1. The molecule has 6 nitrogen and oxygen atoms in total. The highest BCUT2D eigenvalue weighted by Gasteiger charge is 2.25. The maximum Gasteiger partial charge on any atom is 0.272 e. The van der Waals surface area contributed by atoms with Gasteiger partial charge in [0.2, 0.25) is 0 Å². The van der Waals surface area contributed by atoms with E-state index >= 15 is 0 Å². The minimum Gasteiger partial charge on any atom is -0.382 e. The van der Waals surface area contributed by atoms with Crippen LogP contribution in [0.15, 0.2) is 6.07 Å². The molecule has 0 N–H and O–H groups in total. The molecule has 6 heteroatoms. The summed E-state index contributed by atoms with van der Waals surface area (Å²) >= 11 is 0.